The van der Waals surface area contributed by atoms with Crippen LogP contribution < -0.4 is 11.5 Å². The Morgan fingerprint density at radius 1 is 1.25 bits per heavy atom. The molecule has 0 amide bonds. The highest BCUT2D eigenvalue weighted by atomic mass is 32.2. The van der Waals surface area contributed by atoms with Crippen LogP contribution in [0.25, 0.3) is 0 Å². The van der Waals surface area contributed by atoms with Gasteiger partial charge in [-0.15, -0.1) is 10.2 Å². The molecule has 1 unspecified atom stereocenters. The van der Waals surface area contributed by atoms with Crippen LogP contribution in [0.3, 0.4) is 0 Å². The van der Waals surface area contributed by atoms with Crippen LogP contribution in [0.1, 0.15) is 11.6 Å². The molecule has 16 heavy (non-hydrogen) atoms. The number of hydrogen-bond donors (Lipinski definition) is 2. The summed E-state index contributed by atoms with van der Waals surface area (Å²) in [5.41, 5.74) is 12.7. The van der Waals surface area contributed by atoms with Crippen LogP contribution in [0.2, 0.25) is 0 Å². The molecule has 1 aromatic heterocycles. The van der Waals surface area contributed by atoms with Crippen LogP contribution in [-0.2, 0) is 0 Å². The van der Waals surface area contributed by atoms with E-state index in [-0.39, 0.29) is 6.04 Å². The molecule has 4 N–H and O–H groups in total. The van der Waals surface area contributed by atoms with Crippen molar-refractivity contribution in [2.24, 2.45) is 5.73 Å². The van der Waals surface area contributed by atoms with Gasteiger partial charge in [-0.05, 0) is 5.56 Å². The van der Waals surface area contributed by atoms with Gasteiger partial charge < -0.3 is 11.5 Å². The number of thioether (sulfide) groups is 1. The van der Waals surface area contributed by atoms with Gasteiger partial charge in [0.2, 0.25) is 5.13 Å². The van der Waals surface area contributed by atoms with E-state index in [0.29, 0.717) is 5.13 Å². The number of anilines is 1. The molecule has 0 spiro atoms. The predicted molar refractivity (Wildman–Crippen MR) is 68.4 cm³/mol. The van der Waals surface area contributed by atoms with Crippen molar-refractivity contribution >= 4 is 28.2 Å². The molecule has 0 bridgehead atoms. The number of nitrogens with zero attached hydrogens (tertiary/aromatic N) is 2. The van der Waals surface area contributed by atoms with Gasteiger partial charge in [0.05, 0.1) is 0 Å². The molecule has 0 radical (unpaired) electrons. The number of nitrogens with two attached hydrogens (primary N) is 2. The molecular weight excluding hydrogens is 240 g/mol. The van der Waals surface area contributed by atoms with E-state index in [2.05, 4.69) is 10.2 Å². The second kappa shape index (κ2) is 5.29. The van der Waals surface area contributed by atoms with Gasteiger partial charge in [-0.3, -0.25) is 0 Å². The molecule has 6 heteroatoms. The van der Waals surface area contributed by atoms with Crippen molar-refractivity contribution in [1.29, 1.82) is 0 Å². The highest BCUT2D eigenvalue weighted by Gasteiger charge is 2.08. The van der Waals surface area contributed by atoms with Gasteiger partial charge in [0, 0.05) is 11.8 Å². The zero-order valence-corrected chi connectivity index (χ0v) is 10.2. The topological polar surface area (TPSA) is 77.8 Å². The molecule has 4 nitrogen and oxygen atoms in total. The quantitative estimate of drug-likeness (QED) is 0.813. The smallest absolute Gasteiger partial charge is 0.203 e. The average molecular weight is 252 g/mol. The lowest BCUT2D eigenvalue weighted by molar-refractivity contribution is 0.830. The molecule has 0 saturated carbocycles. The maximum atomic E-state index is 6.05. The van der Waals surface area contributed by atoms with E-state index in [1.54, 1.807) is 11.8 Å². The fraction of sp³-hybridized carbons (Fsp3) is 0.200. The Morgan fingerprint density at radius 2 is 2.00 bits per heavy atom. The Morgan fingerprint density at radius 3 is 2.62 bits per heavy atom. The maximum Gasteiger partial charge on any atom is 0.203 e. The standard InChI is InChI=1S/C10H12N4S2/c11-8(7-4-2-1-3-5-7)6-15-10-14-13-9(12)16-10/h1-5,8H,6,11H2,(H2,12,13). The van der Waals surface area contributed by atoms with Gasteiger partial charge in [0.15, 0.2) is 4.34 Å². The Labute approximate surface area is 102 Å². The zero-order valence-electron chi connectivity index (χ0n) is 8.54. The fourth-order valence-electron chi connectivity index (χ4n) is 1.24. The van der Waals surface area contributed by atoms with Gasteiger partial charge in [-0.1, -0.05) is 53.4 Å². The Bertz CT molecular complexity index is 443. The van der Waals surface area contributed by atoms with Crippen LogP contribution in [-0.4, -0.2) is 16.0 Å². The van der Waals surface area contributed by atoms with E-state index in [0.717, 1.165) is 15.7 Å². The van der Waals surface area contributed by atoms with Crippen LogP contribution in [0.5, 0.6) is 0 Å². The lowest BCUT2D eigenvalue weighted by Gasteiger charge is -2.09. The first-order valence-electron chi connectivity index (χ1n) is 4.78. The molecule has 1 atom stereocenters. The summed E-state index contributed by atoms with van der Waals surface area (Å²) in [4.78, 5) is 0. The van der Waals surface area contributed by atoms with Gasteiger partial charge in [0.1, 0.15) is 0 Å². The number of hydrogen-bond acceptors (Lipinski definition) is 6. The summed E-state index contributed by atoms with van der Waals surface area (Å²) in [6.07, 6.45) is 0. The van der Waals surface area contributed by atoms with Crippen LogP contribution in [0.15, 0.2) is 34.7 Å². The largest absolute Gasteiger partial charge is 0.374 e. The van der Waals surface area contributed by atoms with Crippen molar-refractivity contribution in [2.75, 3.05) is 11.5 Å². The fourth-order valence-corrected chi connectivity index (χ4v) is 2.89. The summed E-state index contributed by atoms with van der Waals surface area (Å²) in [6, 6.07) is 10.0. The highest BCUT2D eigenvalue weighted by molar-refractivity contribution is 8.01. The summed E-state index contributed by atoms with van der Waals surface area (Å²) in [5, 5.41) is 8.18. The summed E-state index contributed by atoms with van der Waals surface area (Å²) in [6.45, 7) is 0. The molecule has 84 valence electrons. The van der Waals surface area contributed by atoms with Crippen LogP contribution >= 0.6 is 23.1 Å². The van der Waals surface area contributed by atoms with Gasteiger partial charge in [0.25, 0.3) is 0 Å². The second-order valence-corrected chi connectivity index (χ2v) is 5.51. The predicted octanol–water partition coefficient (Wildman–Crippen LogP) is 1.91. The minimum atomic E-state index is 0.0105. The summed E-state index contributed by atoms with van der Waals surface area (Å²) in [7, 11) is 0. The zero-order chi connectivity index (χ0) is 11.4. The van der Waals surface area contributed by atoms with Gasteiger partial charge in [-0.25, -0.2) is 0 Å². The van der Waals surface area contributed by atoms with Gasteiger partial charge in [-0.2, -0.15) is 0 Å². The van der Waals surface area contributed by atoms with E-state index in [1.165, 1.54) is 11.3 Å². The third-order valence-corrected chi connectivity index (χ3v) is 4.04. The lowest BCUT2D eigenvalue weighted by atomic mass is 10.1. The normalized spacial score (nSPS) is 12.6. The molecular formula is C10H12N4S2. The number of aromatic nitrogens is 2. The van der Waals surface area contributed by atoms with E-state index in [1.807, 2.05) is 30.3 Å². The van der Waals surface area contributed by atoms with Crippen LogP contribution in [0.4, 0.5) is 5.13 Å². The monoisotopic (exact) mass is 252 g/mol. The molecule has 1 aromatic carbocycles. The summed E-state index contributed by atoms with van der Waals surface area (Å²) in [5.74, 6) is 0.776. The summed E-state index contributed by atoms with van der Waals surface area (Å²) < 4.78 is 0.865. The number of nitrogen functional groups attached to an aromatic ring is 1. The first-order valence-corrected chi connectivity index (χ1v) is 6.58. The molecule has 0 aliphatic heterocycles. The van der Waals surface area contributed by atoms with Crippen molar-refractivity contribution in [3.05, 3.63) is 35.9 Å². The number of rotatable bonds is 4. The third-order valence-electron chi connectivity index (χ3n) is 2.04. The number of benzene rings is 1. The molecule has 0 aliphatic rings. The molecule has 0 fully saturated rings. The van der Waals surface area contributed by atoms with E-state index in [4.69, 9.17) is 11.5 Å². The highest BCUT2D eigenvalue weighted by Crippen LogP contribution is 2.26. The summed E-state index contributed by atoms with van der Waals surface area (Å²) >= 11 is 2.97. The van der Waals surface area contributed by atoms with Crippen molar-refractivity contribution in [3.63, 3.8) is 0 Å². The Kier molecular flexibility index (Phi) is 3.76. The van der Waals surface area contributed by atoms with E-state index in [9.17, 15) is 0 Å². The Hall–Kier alpha value is -1.11. The first-order chi connectivity index (χ1) is 7.75. The lowest BCUT2D eigenvalue weighted by Crippen LogP contribution is -2.12. The molecule has 1 heterocycles. The Balaban J connectivity index is 1.91. The maximum absolute atomic E-state index is 6.05. The average Bonchev–Trinajstić information content (AvgIpc) is 2.73. The minimum Gasteiger partial charge on any atom is -0.374 e. The second-order valence-electron chi connectivity index (χ2n) is 3.23. The minimum absolute atomic E-state index is 0.0105. The van der Waals surface area contributed by atoms with E-state index >= 15 is 0 Å². The van der Waals surface area contributed by atoms with Crippen molar-refractivity contribution in [3.8, 4) is 0 Å². The molecule has 0 saturated heterocycles. The third kappa shape index (κ3) is 2.94. The van der Waals surface area contributed by atoms with E-state index < -0.39 is 0 Å². The molecule has 2 aromatic rings. The molecule has 0 aliphatic carbocycles. The van der Waals surface area contributed by atoms with Crippen LogP contribution in [0, 0.1) is 0 Å². The van der Waals surface area contributed by atoms with Crippen molar-refractivity contribution in [1.82, 2.24) is 10.2 Å². The SMILES string of the molecule is Nc1nnc(SCC(N)c2ccccc2)s1. The molecule has 2 rings (SSSR count). The van der Waals surface area contributed by atoms with Crippen molar-refractivity contribution < 1.29 is 0 Å². The first kappa shape index (κ1) is 11.4. The van der Waals surface area contributed by atoms with Crippen molar-refractivity contribution in [2.45, 2.75) is 10.4 Å². The van der Waals surface area contributed by atoms with Gasteiger partial charge >= 0.3 is 0 Å².